The molecule has 2 aliphatic rings. The molecule has 5 rings (SSSR count). The molecule has 3 heterocycles. The molecule has 1 spiro atoms. The maximum Gasteiger partial charge on any atom is 0.275 e. The fraction of sp³-hybridized carbons (Fsp3) is 0.381. The number of rotatable bonds is 3. The van der Waals surface area contributed by atoms with Gasteiger partial charge in [-0.25, -0.2) is 9.37 Å². The van der Waals surface area contributed by atoms with Crippen LogP contribution < -0.4 is 11.1 Å². The zero-order valence-corrected chi connectivity index (χ0v) is 18.6. The van der Waals surface area contributed by atoms with Crippen molar-refractivity contribution >= 4 is 44.5 Å². The predicted octanol–water partition coefficient (Wildman–Crippen LogP) is 3.43. The number of aliphatic imine (C=N–C) groups is 1. The van der Waals surface area contributed by atoms with E-state index in [-0.39, 0.29) is 17.0 Å². The number of carbonyl (C=O) groups is 1. The fourth-order valence-electron chi connectivity index (χ4n) is 4.53. The number of anilines is 1. The number of nitrogens with zero attached hydrogens (tertiary/aromatic N) is 3. The highest BCUT2D eigenvalue weighted by Gasteiger charge is 2.50. The van der Waals surface area contributed by atoms with Gasteiger partial charge in [0.25, 0.3) is 5.91 Å². The van der Waals surface area contributed by atoms with Crippen molar-refractivity contribution in [2.24, 2.45) is 10.7 Å². The van der Waals surface area contributed by atoms with Gasteiger partial charge in [-0.2, -0.15) is 0 Å². The van der Waals surface area contributed by atoms with Crippen LogP contribution in [0.25, 0.3) is 4.96 Å². The summed E-state index contributed by atoms with van der Waals surface area (Å²) >= 11 is 1.43. The maximum absolute atomic E-state index is 14.8. The van der Waals surface area contributed by atoms with Crippen molar-refractivity contribution in [3.8, 4) is 0 Å². The summed E-state index contributed by atoms with van der Waals surface area (Å²) in [5.41, 5.74) is 6.19. The van der Waals surface area contributed by atoms with E-state index in [0.29, 0.717) is 16.5 Å². The Morgan fingerprint density at radius 3 is 2.84 bits per heavy atom. The minimum absolute atomic E-state index is 0.194. The van der Waals surface area contributed by atoms with Crippen LogP contribution in [0.4, 0.5) is 10.1 Å². The molecule has 1 aliphatic carbocycles. The smallest absolute Gasteiger partial charge is 0.275 e. The van der Waals surface area contributed by atoms with Gasteiger partial charge in [0.2, 0.25) is 0 Å². The van der Waals surface area contributed by atoms with Crippen molar-refractivity contribution in [3.63, 3.8) is 0 Å². The van der Waals surface area contributed by atoms with Gasteiger partial charge in [-0.3, -0.25) is 18.4 Å². The number of imidazole rings is 1. The number of benzene rings is 1. The van der Waals surface area contributed by atoms with Gasteiger partial charge in [-0.1, -0.05) is 12.8 Å². The summed E-state index contributed by atoms with van der Waals surface area (Å²) in [6.07, 6.45) is 6.92. The van der Waals surface area contributed by atoms with E-state index in [1.54, 1.807) is 23.6 Å². The average molecular weight is 460 g/mol. The van der Waals surface area contributed by atoms with Crippen molar-refractivity contribution in [1.29, 1.82) is 0 Å². The van der Waals surface area contributed by atoms with Crippen LogP contribution in [0, 0.1) is 5.82 Å². The summed E-state index contributed by atoms with van der Waals surface area (Å²) in [6.45, 7) is 1.74. The van der Waals surface area contributed by atoms with E-state index in [1.807, 2.05) is 11.6 Å². The Balaban J connectivity index is 1.45. The third-order valence-electron chi connectivity index (χ3n) is 6.22. The third-order valence-corrected chi connectivity index (χ3v) is 9.31. The number of aromatic nitrogens is 2. The molecular formula is C21H22FN5O2S2. The van der Waals surface area contributed by atoms with E-state index in [2.05, 4.69) is 15.3 Å². The highest BCUT2D eigenvalue weighted by atomic mass is 32.2. The lowest BCUT2D eigenvalue weighted by Crippen LogP contribution is -2.54. The topological polar surface area (TPSA) is 102 Å². The fourth-order valence-corrected chi connectivity index (χ4v) is 7.26. The number of thiazole rings is 1. The minimum Gasteiger partial charge on any atom is -0.386 e. The van der Waals surface area contributed by atoms with Crippen molar-refractivity contribution in [2.75, 3.05) is 11.1 Å². The first-order chi connectivity index (χ1) is 14.8. The van der Waals surface area contributed by atoms with Gasteiger partial charge < -0.3 is 11.1 Å². The minimum atomic E-state index is -1.26. The van der Waals surface area contributed by atoms with Crippen LogP contribution in [0.1, 0.15) is 48.7 Å². The second-order valence-electron chi connectivity index (χ2n) is 8.33. The van der Waals surface area contributed by atoms with Crippen molar-refractivity contribution in [1.82, 2.24) is 9.38 Å². The maximum atomic E-state index is 14.8. The molecule has 3 N–H and O–H groups in total. The number of amides is 1. The normalized spacial score (nSPS) is 25.1. The van der Waals surface area contributed by atoms with Crippen molar-refractivity contribution in [2.45, 2.75) is 42.9 Å². The van der Waals surface area contributed by atoms with Crippen LogP contribution >= 0.6 is 11.3 Å². The standard InChI is InChI=1S/C21H22FN5O2S2/c1-20(12-31(29)21(18(23)26-20)6-2-3-7-21)14-10-13(4-5-15(14)22)24-17(28)16-11-27-8-9-30-19(27)25-16/h4-5,8-11H,2-3,6-7,12H2,1H3,(H2,23,26)(H,24,28)/t20-,31?/m0/s1. The number of carbonyl (C=O) groups excluding carboxylic acids is 1. The summed E-state index contributed by atoms with van der Waals surface area (Å²) in [5.74, 6) is -0.319. The molecule has 2 atom stereocenters. The summed E-state index contributed by atoms with van der Waals surface area (Å²) < 4.78 is 29.2. The first kappa shape index (κ1) is 20.3. The number of fused-ring (bicyclic) bond motifs is 1. The largest absolute Gasteiger partial charge is 0.386 e. The number of amidine groups is 1. The van der Waals surface area contributed by atoms with Gasteiger partial charge in [0.1, 0.15) is 22.1 Å². The number of halogens is 1. The lowest BCUT2D eigenvalue weighted by molar-refractivity contribution is 0.102. The van der Waals surface area contributed by atoms with Crippen molar-refractivity contribution < 1.29 is 13.4 Å². The molecule has 1 amide bonds. The molecule has 1 unspecified atom stereocenters. The lowest BCUT2D eigenvalue weighted by atomic mass is 9.92. The Bertz CT molecular complexity index is 1220. The Kier molecular flexibility index (Phi) is 4.74. The highest BCUT2D eigenvalue weighted by molar-refractivity contribution is 7.87. The Morgan fingerprint density at radius 1 is 1.35 bits per heavy atom. The molecule has 1 aromatic carbocycles. The SMILES string of the molecule is C[C@@]1(c2cc(NC(=O)c3cn4ccsc4n3)ccc2F)CS(=O)C2(CCCC2)C(N)=N1. The van der Waals surface area contributed by atoms with Gasteiger partial charge in [0.15, 0.2) is 4.96 Å². The van der Waals surface area contributed by atoms with E-state index in [0.717, 1.165) is 25.7 Å². The van der Waals surface area contributed by atoms with Crippen LogP contribution in [-0.4, -0.2) is 35.8 Å². The molecule has 0 saturated heterocycles. The lowest BCUT2D eigenvalue weighted by Gasteiger charge is -2.39. The molecule has 1 fully saturated rings. The first-order valence-corrected chi connectivity index (χ1v) is 12.3. The molecule has 31 heavy (non-hydrogen) atoms. The van der Waals surface area contributed by atoms with E-state index >= 15 is 0 Å². The van der Waals surface area contributed by atoms with E-state index in [9.17, 15) is 13.4 Å². The summed E-state index contributed by atoms with van der Waals surface area (Å²) in [5, 5.41) is 4.65. The summed E-state index contributed by atoms with van der Waals surface area (Å²) in [7, 11) is -1.26. The zero-order valence-electron chi connectivity index (χ0n) is 16.9. The number of hydrogen-bond donors (Lipinski definition) is 2. The first-order valence-electron chi connectivity index (χ1n) is 10.1. The zero-order chi connectivity index (χ0) is 21.8. The van der Waals surface area contributed by atoms with E-state index in [4.69, 9.17) is 5.73 Å². The molecule has 3 aromatic rings. The average Bonchev–Trinajstić information content (AvgIpc) is 3.44. The Morgan fingerprint density at radius 2 is 2.13 bits per heavy atom. The number of hydrogen-bond acceptors (Lipinski definition) is 6. The molecule has 7 nitrogen and oxygen atoms in total. The third kappa shape index (κ3) is 3.28. The van der Waals surface area contributed by atoms with E-state index in [1.165, 1.54) is 23.5 Å². The molecular weight excluding hydrogens is 437 g/mol. The van der Waals surface area contributed by atoms with Crippen LogP contribution in [-0.2, 0) is 16.3 Å². The van der Waals surface area contributed by atoms with E-state index < -0.39 is 32.8 Å². The Hall–Kier alpha value is -2.59. The van der Waals surface area contributed by atoms with Gasteiger partial charge in [0, 0.05) is 39.8 Å². The van der Waals surface area contributed by atoms with Crippen LogP contribution in [0.5, 0.6) is 0 Å². The monoisotopic (exact) mass is 459 g/mol. The summed E-state index contributed by atoms with van der Waals surface area (Å²) in [6, 6.07) is 4.33. The van der Waals surface area contributed by atoms with Gasteiger partial charge >= 0.3 is 0 Å². The van der Waals surface area contributed by atoms with Crippen LogP contribution in [0.15, 0.2) is 41.0 Å². The number of nitrogens with one attached hydrogen (secondary N) is 1. The molecule has 0 radical (unpaired) electrons. The summed E-state index contributed by atoms with van der Waals surface area (Å²) in [4.78, 5) is 22.3. The predicted molar refractivity (Wildman–Crippen MR) is 121 cm³/mol. The molecule has 1 aliphatic heterocycles. The molecule has 162 valence electrons. The second kappa shape index (κ2) is 7.23. The number of nitrogens with two attached hydrogens (primary N) is 1. The van der Waals surface area contributed by atoms with Gasteiger partial charge in [-0.05, 0) is 38.0 Å². The molecule has 1 saturated carbocycles. The van der Waals surface area contributed by atoms with Crippen LogP contribution in [0.3, 0.4) is 0 Å². The molecule has 10 heteroatoms. The molecule has 2 aromatic heterocycles. The van der Waals surface area contributed by atoms with Crippen molar-refractivity contribution in [3.05, 3.63) is 53.0 Å². The quantitative estimate of drug-likeness (QED) is 0.626. The van der Waals surface area contributed by atoms with Gasteiger partial charge in [0.05, 0.1) is 11.3 Å². The van der Waals surface area contributed by atoms with Crippen LogP contribution in [0.2, 0.25) is 0 Å². The second-order valence-corrected chi connectivity index (χ2v) is 11.0. The highest BCUT2D eigenvalue weighted by Crippen LogP contribution is 2.43. The Labute approximate surface area is 185 Å². The van der Waals surface area contributed by atoms with Gasteiger partial charge in [-0.15, -0.1) is 11.3 Å². The molecule has 0 bridgehead atoms.